The summed E-state index contributed by atoms with van der Waals surface area (Å²) in [5.74, 6) is -0.269. The summed E-state index contributed by atoms with van der Waals surface area (Å²) in [5.41, 5.74) is 0.934. The largest absolute Gasteiger partial charge is 0.475 e. The van der Waals surface area contributed by atoms with Crippen molar-refractivity contribution in [3.63, 3.8) is 0 Å². The van der Waals surface area contributed by atoms with Crippen LogP contribution in [-0.4, -0.2) is 17.0 Å². The highest BCUT2D eigenvalue weighted by Gasteiger charge is 2.14. The minimum absolute atomic E-state index is 0.104. The molecule has 2 heterocycles. The Balaban J connectivity index is 1.98. The molecule has 2 N–H and O–H groups in total. The Bertz CT molecular complexity index is 638. The lowest BCUT2D eigenvalue weighted by atomic mass is 10.2. The van der Waals surface area contributed by atoms with Crippen molar-refractivity contribution >= 4 is 11.9 Å². The average Bonchev–Trinajstić information content (AvgIpc) is 3.02. The van der Waals surface area contributed by atoms with Gasteiger partial charge in [0.1, 0.15) is 11.5 Å². The van der Waals surface area contributed by atoms with Crippen molar-refractivity contribution in [2.24, 2.45) is 0 Å². The lowest BCUT2D eigenvalue weighted by Gasteiger charge is -2.00. The van der Waals surface area contributed by atoms with Gasteiger partial charge in [0.05, 0.1) is 6.54 Å². The second-order valence-corrected chi connectivity index (χ2v) is 4.32. The molecule has 0 saturated heterocycles. The van der Waals surface area contributed by atoms with Gasteiger partial charge in [-0.1, -0.05) is 6.92 Å². The third kappa shape index (κ3) is 2.90. The first-order valence-corrected chi connectivity index (χ1v) is 6.20. The van der Waals surface area contributed by atoms with Crippen LogP contribution in [0.2, 0.25) is 0 Å². The maximum Gasteiger partial charge on any atom is 0.371 e. The maximum atomic E-state index is 11.9. The molecule has 1 amide bonds. The monoisotopic (exact) mass is 277 g/mol. The van der Waals surface area contributed by atoms with E-state index in [9.17, 15) is 9.59 Å². The van der Waals surface area contributed by atoms with Gasteiger partial charge in [-0.3, -0.25) is 4.79 Å². The molecule has 0 aromatic carbocycles. The van der Waals surface area contributed by atoms with Gasteiger partial charge in [0.2, 0.25) is 5.76 Å². The van der Waals surface area contributed by atoms with Gasteiger partial charge in [0, 0.05) is 6.42 Å². The normalized spacial score (nSPS) is 10.5. The van der Waals surface area contributed by atoms with Crippen LogP contribution >= 0.6 is 0 Å². The third-order valence-electron chi connectivity index (χ3n) is 2.86. The van der Waals surface area contributed by atoms with Crippen LogP contribution < -0.4 is 5.32 Å². The first-order chi connectivity index (χ1) is 9.51. The summed E-state index contributed by atoms with van der Waals surface area (Å²) in [7, 11) is 0. The Labute approximate surface area is 115 Å². The second-order valence-electron chi connectivity index (χ2n) is 4.32. The molecule has 0 unspecified atom stereocenters. The summed E-state index contributed by atoms with van der Waals surface area (Å²) in [6.07, 6.45) is 0.721. The third-order valence-corrected chi connectivity index (χ3v) is 2.86. The number of rotatable bonds is 5. The number of hydrogen-bond acceptors (Lipinski definition) is 4. The minimum atomic E-state index is -1.14. The van der Waals surface area contributed by atoms with Crippen LogP contribution in [-0.2, 0) is 13.0 Å². The Hall–Kier alpha value is -2.50. The summed E-state index contributed by atoms with van der Waals surface area (Å²) in [5, 5.41) is 11.3. The topological polar surface area (TPSA) is 92.7 Å². The van der Waals surface area contributed by atoms with Gasteiger partial charge in [0.15, 0.2) is 5.76 Å². The molecule has 0 aliphatic carbocycles. The van der Waals surface area contributed by atoms with Gasteiger partial charge in [0.25, 0.3) is 5.91 Å². The van der Waals surface area contributed by atoms with Crippen molar-refractivity contribution in [3.05, 3.63) is 46.8 Å². The Kier molecular flexibility index (Phi) is 3.93. The molecule has 20 heavy (non-hydrogen) atoms. The summed E-state index contributed by atoms with van der Waals surface area (Å²) < 4.78 is 10.5. The van der Waals surface area contributed by atoms with Gasteiger partial charge in [-0.25, -0.2) is 4.79 Å². The Morgan fingerprint density at radius 3 is 2.55 bits per heavy atom. The number of carbonyl (C=O) groups is 2. The fourth-order valence-electron chi connectivity index (χ4n) is 1.83. The fourth-order valence-corrected chi connectivity index (χ4v) is 1.83. The van der Waals surface area contributed by atoms with Crippen molar-refractivity contribution < 1.29 is 23.5 Å². The lowest BCUT2D eigenvalue weighted by molar-refractivity contribution is 0.0660. The van der Waals surface area contributed by atoms with Crippen molar-refractivity contribution in [3.8, 4) is 0 Å². The molecule has 6 heteroatoms. The van der Waals surface area contributed by atoms with Crippen molar-refractivity contribution in [1.82, 2.24) is 5.32 Å². The summed E-state index contributed by atoms with van der Waals surface area (Å²) in [6.45, 7) is 3.93. The van der Waals surface area contributed by atoms with E-state index in [1.807, 2.05) is 13.8 Å². The summed E-state index contributed by atoms with van der Waals surface area (Å²) in [4.78, 5) is 22.5. The van der Waals surface area contributed by atoms with Crippen LogP contribution in [0.25, 0.3) is 0 Å². The highest BCUT2D eigenvalue weighted by Crippen LogP contribution is 2.15. The first kappa shape index (κ1) is 13.9. The minimum Gasteiger partial charge on any atom is -0.475 e. The van der Waals surface area contributed by atoms with E-state index >= 15 is 0 Å². The number of carboxylic acid groups (broad SMARTS) is 1. The number of nitrogens with one attached hydrogen (secondary N) is 1. The molecule has 0 fully saturated rings. The molecule has 0 bridgehead atoms. The first-order valence-electron chi connectivity index (χ1n) is 6.20. The Morgan fingerprint density at radius 2 is 2.00 bits per heavy atom. The highest BCUT2D eigenvalue weighted by molar-refractivity contribution is 5.91. The van der Waals surface area contributed by atoms with Gasteiger partial charge in [-0.05, 0) is 30.7 Å². The zero-order chi connectivity index (χ0) is 14.7. The van der Waals surface area contributed by atoms with E-state index in [-0.39, 0.29) is 24.0 Å². The standard InChI is InChI=1S/C14H15NO5/c1-3-10-8(2)6-12(20-10)13(16)15-7-9-4-5-11(19-9)14(17)18/h4-6H,3,7H2,1-2H3,(H,15,16)(H,17,18). The van der Waals surface area contributed by atoms with Crippen LogP contribution in [0.15, 0.2) is 27.0 Å². The molecule has 0 spiro atoms. The van der Waals surface area contributed by atoms with Crippen molar-refractivity contribution in [2.45, 2.75) is 26.8 Å². The molecule has 0 aliphatic heterocycles. The number of aromatic carboxylic acids is 1. The van der Waals surface area contributed by atoms with Gasteiger partial charge >= 0.3 is 5.97 Å². The molecular formula is C14H15NO5. The highest BCUT2D eigenvalue weighted by atomic mass is 16.4. The number of furan rings is 2. The van der Waals surface area contributed by atoms with Crippen LogP contribution in [0.4, 0.5) is 0 Å². The predicted molar refractivity (Wildman–Crippen MR) is 69.7 cm³/mol. The number of carboxylic acids is 1. The van der Waals surface area contributed by atoms with Crippen molar-refractivity contribution in [1.29, 1.82) is 0 Å². The predicted octanol–water partition coefficient (Wildman–Crippen LogP) is 2.37. The van der Waals surface area contributed by atoms with Gasteiger partial charge in [-0.15, -0.1) is 0 Å². The SMILES string of the molecule is CCc1oc(C(=O)NCc2ccc(C(=O)O)o2)cc1C. The lowest BCUT2D eigenvalue weighted by Crippen LogP contribution is -2.22. The van der Waals surface area contributed by atoms with Crippen LogP contribution in [0.1, 0.15) is 45.1 Å². The number of carbonyl (C=O) groups excluding carboxylic acids is 1. The molecule has 2 aromatic rings. The van der Waals surface area contributed by atoms with E-state index in [2.05, 4.69) is 5.32 Å². The van der Waals surface area contributed by atoms with E-state index in [0.717, 1.165) is 17.7 Å². The van der Waals surface area contributed by atoms with E-state index in [1.165, 1.54) is 12.1 Å². The fraction of sp³-hybridized carbons (Fsp3) is 0.286. The van der Waals surface area contributed by atoms with Crippen LogP contribution in [0.5, 0.6) is 0 Å². The number of hydrogen-bond donors (Lipinski definition) is 2. The zero-order valence-corrected chi connectivity index (χ0v) is 11.2. The second kappa shape index (κ2) is 5.64. The average molecular weight is 277 g/mol. The molecule has 0 aliphatic rings. The van der Waals surface area contributed by atoms with E-state index in [4.69, 9.17) is 13.9 Å². The molecule has 6 nitrogen and oxygen atoms in total. The molecule has 0 saturated carbocycles. The van der Waals surface area contributed by atoms with Crippen LogP contribution in [0.3, 0.4) is 0 Å². The van der Waals surface area contributed by atoms with Gasteiger partial charge in [-0.2, -0.15) is 0 Å². The molecule has 2 rings (SSSR count). The quantitative estimate of drug-likeness (QED) is 0.875. The maximum absolute atomic E-state index is 11.9. The molecule has 2 aromatic heterocycles. The number of aryl methyl sites for hydroxylation is 2. The van der Waals surface area contributed by atoms with Crippen molar-refractivity contribution in [2.75, 3.05) is 0 Å². The summed E-state index contributed by atoms with van der Waals surface area (Å²) in [6, 6.07) is 4.53. The van der Waals surface area contributed by atoms with E-state index in [0.29, 0.717) is 5.76 Å². The summed E-state index contributed by atoms with van der Waals surface area (Å²) >= 11 is 0. The number of amides is 1. The smallest absolute Gasteiger partial charge is 0.371 e. The molecule has 106 valence electrons. The van der Waals surface area contributed by atoms with E-state index < -0.39 is 5.97 Å². The molecule has 0 atom stereocenters. The zero-order valence-electron chi connectivity index (χ0n) is 11.2. The van der Waals surface area contributed by atoms with E-state index in [1.54, 1.807) is 6.07 Å². The Morgan fingerprint density at radius 1 is 1.25 bits per heavy atom. The molecule has 0 radical (unpaired) electrons. The molecular weight excluding hydrogens is 262 g/mol. The van der Waals surface area contributed by atoms with Gasteiger partial charge < -0.3 is 19.3 Å². The van der Waals surface area contributed by atoms with Crippen LogP contribution in [0, 0.1) is 6.92 Å².